The van der Waals surface area contributed by atoms with Gasteiger partial charge in [0.1, 0.15) is 10.6 Å². The van der Waals surface area contributed by atoms with Gasteiger partial charge in [0.25, 0.3) is 11.5 Å². The monoisotopic (exact) mass is 374 g/mol. The van der Waals surface area contributed by atoms with Crippen LogP contribution in [0.15, 0.2) is 29.1 Å². The third kappa shape index (κ3) is 3.17. The number of nitrogens with zero attached hydrogens (tertiary/aromatic N) is 3. The topological polar surface area (TPSA) is 76.4 Å². The van der Waals surface area contributed by atoms with E-state index in [1.54, 1.807) is 10.6 Å². The maximum Gasteiger partial charge on any atom is 0.296 e. The number of halogens is 1. The third-order valence-corrected chi connectivity index (χ3v) is 5.62. The number of nitrogens with one attached hydrogen (secondary N) is 1. The first-order chi connectivity index (χ1) is 12.0. The number of aromatic nitrogens is 3. The van der Waals surface area contributed by atoms with Gasteiger partial charge in [-0.25, -0.2) is 4.52 Å². The Morgan fingerprint density at radius 3 is 2.88 bits per heavy atom. The summed E-state index contributed by atoms with van der Waals surface area (Å²) >= 11 is 7.35. The van der Waals surface area contributed by atoms with E-state index in [0.29, 0.717) is 32.7 Å². The van der Waals surface area contributed by atoms with E-state index < -0.39 is 5.56 Å². The fourth-order valence-electron chi connectivity index (χ4n) is 2.57. The standard InChI is InChI=1S/C17H15ClN4O2S/c1-9-14(16(24)19-11-6-7-11)25-17-20-15(23)13(21-22(9)17)8-10-4-2-3-5-12(10)18/h2-5,11H,6-8H2,1H3,(H,19,24). The van der Waals surface area contributed by atoms with Gasteiger partial charge in [0.2, 0.25) is 4.96 Å². The van der Waals surface area contributed by atoms with E-state index in [4.69, 9.17) is 11.6 Å². The molecule has 1 aromatic carbocycles. The number of rotatable bonds is 4. The van der Waals surface area contributed by atoms with Crippen molar-refractivity contribution in [3.05, 3.63) is 61.5 Å². The van der Waals surface area contributed by atoms with Crippen LogP contribution in [0, 0.1) is 6.92 Å². The van der Waals surface area contributed by atoms with E-state index in [1.165, 1.54) is 11.3 Å². The number of amides is 1. The molecule has 1 N–H and O–H groups in total. The van der Waals surface area contributed by atoms with E-state index in [0.717, 1.165) is 18.4 Å². The van der Waals surface area contributed by atoms with Crippen molar-refractivity contribution < 1.29 is 4.79 Å². The van der Waals surface area contributed by atoms with Crippen LogP contribution in [0.4, 0.5) is 0 Å². The van der Waals surface area contributed by atoms with Crippen LogP contribution in [0.5, 0.6) is 0 Å². The zero-order valence-electron chi connectivity index (χ0n) is 13.5. The number of carbonyl (C=O) groups excluding carboxylic acids is 1. The molecule has 1 fully saturated rings. The van der Waals surface area contributed by atoms with Gasteiger partial charge in [-0.2, -0.15) is 10.1 Å². The fourth-order valence-corrected chi connectivity index (χ4v) is 3.74. The number of hydrogen-bond acceptors (Lipinski definition) is 5. The van der Waals surface area contributed by atoms with Crippen LogP contribution in [-0.2, 0) is 6.42 Å². The van der Waals surface area contributed by atoms with Gasteiger partial charge >= 0.3 is 0 Å². The molecule has 0 unspecified atom stereocenters. The summed E-state index contributed by atoms with van der Waals surface area (Å²) in [7, 11) is 0. The Bertz CT molecular complexity index is 1040. The number of benzene rings is 1. The predicted octanol–water partition coefficient (Wildman–Crippen LogP) is 2.60. The molecule has 128 valence electrons. The summed E-state index contributed by atoms with van der Waals surface area (Å²) in [5.41, 5.74) is 1.41. The molecule has 4 rings (SSSR count). The zero-order valence-corrected chi connectivity index (χ0v) is 15.0. The molecule has 0 spiro atoms. The SMILES string of the molecule is Cc1c(C(=O)NC2CC2)sc2nc(=O)c(Cc3ccccc3Cl)nn12. The summed E-state index contributed by atoms with van der Waals surface area (Å²) in [5, 5.41) is 7.96. The molecule has 3 aromatic rings. The summed E-state index contributed by atoms with van der Waals surface area (Å²) < 4.78 is 1.57. The molecule has 1 aliphatic carbocycles. The highest BCUT2D eigenvalue weighted by Crippen LogP contribution is 2.24. The highest BCUT2D eigenvalue weighted by atomic mass is 35.5. The Kier molecular flexibility index (Phi) is 4.05. The lowest BCUT2D eigenvalue weighted by Gasteiger charge is -2.04. The minimum Gasteiger partial charge on any atom is -0.349 e. The van der Waals surface area contributed by atoms with Gasteiger partial charge in [0.05, 0.1) is 5.69 Å². The smallest absolute Gasteiger partial charge is 0.296 e. The number of thiazole rings is 1. The highest BCUT2D eigenvalue weighted by Gasteiger charge is 2.26. The molecule has 2 heterocycles. The van der Waals surface area contributed by atoms with Crippen LogP contribution in [0.25, 0.3) is 4.96 Å². The molecule has 25 heavy (non-hydrogen) atoms. The summed E-state index contributed by atoms with van der Waals surface area (Å²) in [6.07, 6.45) is 2.34. The molecule has 8 heteroatoms. The maximum absolute atomic E-state index is 12.3. The van der Waals surface area contributed by atoms with Crippen LogP contribution in [0.2, 0.25) is 5.02 Å². The van der Waals surface area contributed by atoms with Gasteiger partial charge in [0.15, 0.2) is 0 Å². The minimum absolute atomic E-state index is 0.127. The van der Waals surface area contributed by atoms with Gasteiger partial charge in [-0.1, -0.05) is 41.1 Å². The van der Waals surface area contributed by atoms with E-state index in [-0.39, 0.29) is 11.9 Å². The van der Waals surface area contributed by atoms with Crippen molar-refractivity contribution in [1.29, 1.82) is 0 Å². The van der Waals surface area contributed by atoms with E-state index in [9.17, 15) is 9.59 Å². The molecule has 0 radical (unpaired) electrons. The normalized spacial score (nSPS) is 14.0. The lowest BCUT2D eigenvalue weighted by Crippen LogP contribution is -2.25. The molecule has 6 nitrogen and oxygen atoms in total. The van der Waals surface area contributed by atoms with Crippen molar-refractivity contribution in [1.82, 2.24) is 19.9 Å². The number of fused-ring (bicyclic) bond motifs is 1. The second-order valence-electron chi connectivity index (χ2n) is 6.09. The molecule has 0 aliphatic heterocycles. The van der Waals surface area contributed by atoms with Crippen LogP contribution in [-0.4, -0.2) is 26.5 Å². The average molecular weight is 375 g/mol. The summed E-state index contributed by atoms with van der Waals surface area (Å²) in [4.78, 5) is 29.7. The molecule has 0 atom stereocenters. The van der Waals surface area contributed by atoms with E-state index in [2.05, 4.69) is 15.4 Å². The Balaban J connectivity index is 1.73. The lowest BCUT2D eigenvalue weighted by atomic mass is 10.1. The molecule has 1 aliphatic rings. The summed E-state index contributed by atoms with van der Waals surface area (Å²) in [6, 6.07) is 7.60. The molecule has 1 saturated carbocycles. The molecular weight excluding hydrogens is 360 g/mol. The first-order valence-electron chi connectivity index (χ1n) is 7.96. The molecule has 0 saturated heterocycles. The van der Waals surface area contributed by atoms with Crippen molar-refractivity contribution in [2.75, 3.05) is 0 Å². The third-order valence-electron chi connectivity index (χ3n) is 4.12. The Hall–Kier alpha value is -2.25. The second kappa shape index (κ2) is 6.24. The number of carbonyl (C=O) groups is 1. The van der Waals surface area contributed by atoms with Gasteiger partial charge in [-0.3, -0.25) is 9.59 Å². The van der Waals surface area contributed by atoms with Crippen LogP contribution in [0.1, 0.15) is 39.5 Å². The van der Waals surface area contributed by atoms with Crippen molar-refractivity contribution in [2.24, 2.45) is 0 Å². The van der Waals surface area contributed by atoms with Crippen molar-refractivity contribution in [3.63, 3.8) is 0 Å². The average Bonchev–Trinajstić information content (AvgIpc) is 3.34. The second-order valence-corrected chi connectivity index (χ2v) is 7.48. The molecule has 0 bridgehead atoms. The maximum atomic E-state index is 12.3. The number of aryl methyl sites for hydroxylation is 1. The van der Waals surface area contributed by atoms with Crippen LogP contribution in [0.3, 0.4) is 0 Å². The number of hydrogen-bond donors (Lipinski definition) is 1. The molecule has 1 amide bonds. The Morgan fingerprint density at radius 1 is 1.40 bits per heavy atom. The quantitative estimate of drug-likeness (QED) is 0.761. The summed E-state index contributed by atoms with van der Waals surface area (Å²) in [5.74, 6) is -0.127. The van der Waals surface area contributed by atoms with E-state index >= 15 is 0 Å². The summed E-state index contributed by atoms with van der Waals surface area (Å²) in [6.45, 7) is 1.81. The van der Waals surface area contributed by atoms with Crippen LogP contribution >= 0.6 is 22.9 Å². The molecule has 2 aromatic heterocycles. The van der Waals surface area contributed by atoms with Gasteiger partial charge in [-0.05, 0) is 31.4 Å². The van der Waals surface area contributed by atoms with Gasteiger partial charge < -0.3 is 5.32 Å². The predicted molar refractivity (Wildman–Crippen MR) is 96.6 cm³/mol. The van der Waals surface area contributed by atoms with E-state index in [1.807, 2.05) is 25.1 Å². The largest absolute Gasteiger partial charge is 0.349 e. The Morgan fingerprint density at radius 2 is 2.16 bits per heavy atom. The Labute approximate surface area is 152 Å². The van der Waals surface area contributed by atoms with Gasteiger partial charge in [-0.15, -0.1) is 0 Å². The van der Waals surface area contributed by atoms with Crippen molar-refractivity contribution in [2.45, 2.75) is 32.2 Å². The first-order valence-corrected chi connectivity index (χ1v) is 9.16. The zero-order chi connectivity index (χ0) is 17.6. The highest BCUT2D eigenvalue weighted by molar-refractivity contribution is 7.19. The van der Waals surface area contributed by atoms with Gasteiger partial charge in [0, 0.05) is 17.5 Å². The van der Waals surface area contributed by atoms with Crippen molar-refractivity contribution >= 4 is 33.8 Å². The fraction of sp³-hybridized carbons (Fsp3) is 0.294. The van der Waals surface area contributed by atoms with Crippen LogP contribution < -0.4 is 10.9 Å². The first kappa shape index (κ1) is 16.2. The lowest BCUT2D eigenvalue weighted by molar-refractivity contribution is 0.0954. The molecular formula is C17H15ClN4O2S. The minimum atomic E-state index is -0.393. The van der Waals surface area contributed by atoms with Crippen molar-refractivity contribution in [3.8, 4) is 0 Å².